The number of amides is 3. The predicted octanol–water partition coefficient (Wildman–Crippen LogP) is 2.41. The molecule has 4 N–H and O–H groups in total. The molecule has 2 aliphatic heterocycles. The molecule has 178 valence electrons. The van der Waals surface area contributed by atoms with Crippen molar-refractivity contribution in [2.24, 2.45) is 5.92 Å². The molecule has 4 rings (SSSR count). The van der Waals surface area contributed by atoms with E-state index in [1.165, 1.54) is 0 Å². The van der Waals surface area contributed by atoms with Crippen LogP contribution >= 0.6 is 0 Å². The van der Waals surface area contributed by atoms with Crippen molar-refractivity contribution in [1.29, 1.82) is 0 Å². The Hall–Kier alpha value is -2.91. The summed E-state index contributed by atoms with van der Waals surface area (Å²) in [6.07, 6.45) is 1.87. The van der Waals surface area contributed by atoms with Crippen LogP contribution in [0.4, 0.5) is 10.6 Å². The van der Waals surface area contributed by atoms with E-state index in [1.807, 2.05) is 58.3 Å². The van der Waals surface area contributed by atoms with Gasteiger partial charge < -0.3 is 25.8 Å². The molecule has 0 radical (unpaired) electrons. The van der Waals surface area contributed by atoms with E-state index in [1.54, 1.807) is 4.90 Å². The molecule has 9 heteroatoms. The van der Waals surface area contributed by atoms with Crippen molar-refractivity contribution < 1.29 is 9.59 Å². The molecular formula is C24H35N7O2. The minimum absolute atomic E-state index is 0.0210. The predicted molar refractivity (Wildman–Crippen MR) is 128 cm³/mol. The van der Waals surface area contributed by atoms with Gasteiger partial charge in [0, 0.05) is 18.7 Å². The lowest BCUT2D eigenvalue weighted by molar-refractivity contribution is -0.120. The van der Waals surface area contributed by atoms with Crippen molar-refractivity contribution >= 4 is 17.8 Å². The number of aromatic amines is 1. The molecule has 33 heavy (non-hydrogen) atoms. The summed E-state index contributed by atoms with van der Waals surface area (Å²) in [5.74, 6) is 0.446. The largest absolute Gasteiger partial charge is 0.330 e. The van der Waals surface area contributed by atoms with Crippen molar-refractivity contribution in [2.75, 3.05) is 39.0 Å². The number of hydrogen-bond donors (Lipinski definition) is 4. The summed E-state index contributed by atoms with van der Waals surface area (Å²) < 4.78 is 0. The van der Waals surface area contributed by atoms with Crippen LogP contribution in [0.15, 0.2) is 30.3 Å². The highest BCUT2D eigenvalue weighted by Gasteiger charge is 2.44. The van der Waals surface area contributed by atoms with Gasteiger partial charge in [0.05, 0.1) is 29.7 Å². The molecule has 1 fully saturated rings. The molecule has 1 aromatic heterocycles. The normalized spacial score (nSPS) is 20.4. The van der Waals surface area contributed by atoms with Crippen LogP contribution in [-0.4, -0.2) is 65.7 Å². The summed E-state index contributed by atoms with van der Waals surface area (Å²) in [4.78, 5) is 30.1. The van der Waals surface area contributed by atoms with Crippen LogP contribution in [0, 0.1) is 5.92 Å². The summed E-state index contributed by atoms with van der Waals surface area (Å²) in [7, 11) is 3.99. The summed E-state index contributed by atoms with van der Waals surface area (Å²) in [5.41, 5.74) is 2.21. The molecule has 3 amide bonds. The Bertz CT molecular complexity index is 980. The lowest BCUT2D eigenvalue weighted by Gasteiger charge is -2.34. The van der Waals surface area contributed by atoms with Gasteiger partial charge in [-0.15, -0.1) is 0 Å². The number of fused-ring (bicyclic) bond motifs is 1. The maximum absolute atomic E-state index is 13.4. The maximum atomic E-state index is 13.4. The number of nitrogens with zero attached hydrogens (tertiary/aromatic N) is 3. The molecule has 2 aromatic rings. The van der Waals surface area contributed by atoms with E-state index >= 15 is 0 Å². The second-order valence-electron chi connectivity index (χ2n) is 9.78. The fourth-order valence-corrected chi connectivity index (χ4v) is 4.75. The highest BCUT2D eigenvalue weighted by atomic mass is 16.2. The third kappa shape index (κ3) is 4.89. The van der Waals surface area contributed by atoms with E-state index < -0.39 is 5.54 Å². The van der Waals surface area contributed by atoms with Gasteiger partial charge in [0.25, 0.3) is 0 Å². The number of carbonyl (C=O) groups excluding carboxylic acids is 2. The first-order chi connectivity index (χ1) is 15.8. The maximum Gasteiger partial charge on any atom is 0.319 e. The number of urea groups is 1. The number of carbonyl (C=O) groups is 2. The van der Waals surface area contributed by atoms with Crippen molar-refractivity contribution in [3.63, 3.8) is 0 Å². The summed E-state index contributed by atoms with van der Waals surface area (Å²) in [6.45, 7) is 6.70. The van der Waals surface area contributed by atoms with Gasteiger partial charge in [-0.25, -0.2) is 4.79 Å². The molecule has 9 nitrogen and oxygen atoms in total. The third-order valence-corrected chi connectivity index (χ3v) is 6.67. The second kappa shape index (κ2) is 9.52. The van der Waals surface area contributed by atoms with Gasteiger partial charge in [0.2, 0.25) is 5.91 Å². The Morgan fingerprint density at radius 3 is 2.70 bits per heavy atom. The van der Waals surface area contributed by atoms with Gasteiger partial charge in [0.15, 0.2) is 5.82 Å². The fourth-order valence-electron chi connectivity index (χ4n) is 4.75. The zero-order valence-electron chi connectivity index (χ0n) is 19.9. The SMILES string of the molecule is CN(C)C[C@@H](NC(=O)N1Cc2c(NC(=O)[C@@H]3CCCNC3)n[nH]c2C1(C)C)c1ccccc1. The van der Waals surface area contributed by atoms with Gasteiger partial charge in [-0.05, 0) is 52.9 Å². The summed E-state index contributed by atoms with van der Waals surface area (Å²) >= 11 is 0. The highest BCUT2D eigenvalue weighted by molar-refractivity contribution is 5.93. The second-order valence-corrected chi connectivity index (χ2v) is 9.78. The van der Waals surface area contributed by atoms with Crippen LogP contribution < -0.4 is 16.0 Å². The van der Waals surface area contributed by atoms with Gasteiger partial charge in [-0.2, -0.15) is 5.10 Å². The van der Waals surface area contributed by atoms with Crippen LogP contribution in [0.1, 0.15) is 49.6 Å². The molecule has 0 spiro atoms. The fraction of sp³-hybridized carbons (Fsp3) is 0.542. The Morgan fingerprint density at radius 2 is 2.03 bits per heavy atom. The van der Waals surface area contributed by atoms with Gasteiger partial charge >= 0.3 is 6.03 Å². The lowest BCUT2D eigenvalue weighted by atomic mass is 9.98. The van der Waals surface area contributed by atoms with E-state index in [2.05, 4.69) is 31.0 Å². The zero-order valence-corrected chi connectivity index (χ0v) is 19.9. The highest BCUT2D eigenvalue weighted by Crippen LogP contribution is 2.40. The van der Waals surface area contributed by atoms with Gasteiger partial charge in [-0.1, -0.05) is 30.3 Å². The van der Waals surface area contributed by atoms with Crippen LogP contribution in [0.2, 0.25) is 0 Å². The number of H-pyrrole nitrogens is 1. The lowest BCUT2D eigenvalue weighted by Crippen LogP contribution is -2.48. The van der Waals surface area contributed by atoms with Crippen LogP contribution in [0.5, 0.6) is 0 Å². The number of benzene rings is 1. The first-order valence-electron chi connectivity index (χ1n) is 11.6. The van der Waals surface area contributed by atoms with E-state index in [4.69, 9.17) is 0 Å². The zero-order chi connectivity index (χ0) is 23.6. The monoisotopic (exact) mass is 453 g/mol. The topological polar surface area (TPSA) is 105 Å². The average molecular weight is 454 g/mol. The number of anilines is 1. The Morgan fingerprint density at radius 1 is 1.27 bits per heavy atom. The van der Waals surface area contributed by atoms with E-state index in [0.29, 0.717) is 25.5 Å². The van der Waals surface area contributed by atoms with Crippen molar-refractivity contribution in [1.82, 2.24) is 30.6 Å². The van der Waals surface area contributed by atoms with Crippen LogP contribution in [0.25, 0.3) is 0 Å². The average Bonchev–Trinajstić information content (AvgIpc) is 3.32. The summed E-state index contributed by atoms with van der Waals surface area (Å²) in [5, 5.41) is 16.9. The Kier molecular flexibility index (Phi) is 6.71. The Balaban J connectivity index is 1.49. The molecular weight excluding hydrogens is 418 g/mol. The van der Waals surface area contributed by atoms with E-state index in [9.17, 15) is 9.59 Å². The molecule has 0 bridgehead atoms. The van der Waals surface area contributed by atoms with Crippen LogP contribution in [-0.2, 0) is 16.9 Å². The number of rotatable bonds is 6. The molecule has 0 unspecified atom stereocenters. The van der Waals surface area contributed by atoms with Gasteiger partial charge in [-0.3, -0.25) is 9.89 Å². The van der Waals surface area contributed by atoms with Gasteiger partial charge in [0.1, 0.15) is 0 Å². The molecule has 1 aromatic carbocycles. The molecule has 3 heterocycles. The number of hydrogen-bond acceptors (Lipinski definition) is 5. The first-order valence-corrected chi connectivity index (χ1v) is 11.6. The number of likely N-dealkylation sites (N-methyl/N-ethyl adjacent to an activating group) is 1. The number of piperidine rings is 1. The first kappa shape index (κ1) is 23.3. The van der Waals surface area contributed by atoms with E-state index in [-0.39, 0.29) is 23.9 Å². The quantitative estimate of drug-likeness (QED) is 0.538. The minimum atomic E-state index is -0.582. The summed E-state index contributed by atoms with van der Waals surface area (Å²) in [6, 6.07) is 9.72. The van der Waals surface area contributed by atoms with Crippen LogP contribution in [0.3, 0.4) is 0 Å². The molecule has 0 aliphatic carbocycles. The number of aromatic nitrogens is 2. The molecule has 1 saturated heterocycles. The van der Waals surface area contributed by atoms with Crippen molar-refractivity contribution in [3.05, 3.63) is 47.2 Å². The smallest absolute Gasteiger partial charge is 0.319 e. The van der Waals surface area contributed by atoms with Crippen molar-refractivity contribution in [3.8, 4) is 0 Å². The number of nitrogens with one attached hydrogen (secondary N) is 4. The van der Waals surface area contributed by atoms with Crippen molar-refractivity contribution in [2.45, 2.75) is 44.8 Å². The standard InChI is InChI=1S/C24H35N7O2/c1-24(2)20-18(21(29-28-20)27-22(32)17-11-8-12-25-13-17)14-31(24)23(33)26-19(15-30(3)4)16-9-6-5-7-10-16/h5-7,9-10,17,19,25H,8,11-15H2,1-4H3,(H,26,33)(H2,27,28,29,32)/t17-,19-/m1/s1. The van der Waals surface area contributed by atoms with E-state index in [0.717, 1.165) is 36.2 Å². The molecule has 0 saturated carbocycles. The Labute approximate surface area is 195 Å². The minimum Gasteiger partial charge on any atom is -0.330 e. The molecule has 2 atom stereocenters. The third-order valence-electron chi connectivity index (χ3n) is 6.67. The molecule has 2 aliphatic rings.